The fourth-order valence-electron chi connectivity index (χ4n) is 10.5. The van der Waals surface area contributed by atoms with E-state index in [-0.39, 0.29) is 5.41 Å². The smallest absolute Gasteiger partial charge is 0.0210 e. The van der Waals surface area contributed by atoms with Gasteiger partial charge in [-0.3, -0.25) is 0 Å². The van der Waals surface area contributed by atoms with Gasteiger partial charge in [0.2, 0.25) is 0 Å². The number of hydrogen-bond acceptors (Lipinski definition) is 0. The van der Waals surface area contributed by atoms with E-state index in [0.717, 1.165) is 12.8 Å². The molecular weight excluding hydrogens is 685 g/mol. The van der Waals surface area contributed by atoms with Crippen molar-refractivity contribution in [3.05, 3.63) is 205 Å². The van der Waals surface area contributed by atoms with Gasteiger partial charge in [0.05, 0.1) is 0 Å². The minimum Gasteiger partial charge on any atom is -0.0642 e. The van der Waals surface area contributed by atoms with Crippen molar-refractivity contribution in [2.24, 2.45) is 0 Å². The van der Waals surface area contributed by atoms with Crippen molar-refractivity contribution >= 4 is 43.1 Å². The standard InChI is InChI=1S/C57H42/c1-3-57(4-2)51-34-40(56-46-30-18-14-26-42(46)53(37-20-8-5-9-21-37)43-27-15-19-31-47(43)56)32-33-41(51)48-35-49-50(36-52(48)57)55(39-24-12-7-13-25-39)45-29-17-16-28-44(45)54(49)38-22-10-6-11-23-38/h5-36H,3-4H2,1-2H3. The van der Waals surface area contributed by atoms with Crippen molar-refractivity contribution in [2.75, 3.05) is 0 Å². The van der Waals surface area contributed by atoms with E-state index in [4.69, 9.17) is 0 Å². The number of hydrogen-bond donors (Lipinski definition) is 0. The second kappa shape index (κ2) is 13.2. The van der Waals surface area contributed by atoms with Crippen LogP contribution in [0, 0.1) is 0 Å². The van der Waals surface area contributed by atoms with Gasteiger partial charge in [-0.25, -0.2) is 0 Å². The molecule has 0 aliphatic heterocycles. The summed E-state index contributed by atoms with van der Waals surface area (Å²) in [6, 6.07) is 72.6. The van der Waals surface area contributed by atoms with Crippen LogP contribution in [-0.4, -0.2) is 0 Å². The van der Waals surface area contributed by atoms with E-state index >= 15 is 0 Å². The SMILES string of the molecule is CCC1(CC)c2cc(-c3c4ccccc4c(-c4ccccc4)c4ccccc34)ccc2-c2cc3c(-c4ccccc4)c4ccccc4c(-c4ccccc4)c3cc21. The van der Waals surface area contributed by atoms with E-state index in [1.165, 1.54) is 110 Å². The highest BCUT2D eigenvalue weighted by Gasteiger charge is 2.41. The van der Waals surface area contributed by atoms with Crippen molar-refractivity contribution in [2.45, 2.75) is 32.1 Å². The highest BCUT2D eigenvalue weighted by molar-refractivity contribution is 6.23. The minimum absolute atomic E-state index is 0.128. The maximum atomic E-state index is 2.60. The zero-order valence-corrected chi connectivity index (χ0v) is 32.4. The van der Waals surface area contributed by atoms with Gasteiger partial charge in [0, 0.05) is 5.41 Å². The van der Waals surface area contributed by atoms with Gasteiger partial charge in [-0.2, -0.15) is 0 Å². The van der Waals surface area contributed by atoms with Crippen LogP contribution in [0.3, 0.4) is 0 Å². The van der Waals surface area contributed by atoms with Gasteiger partial charge in [0.25, 0.3) is 0 Å². The van der Waals surface area contributed by atoms with Crippen molar-refractivity contribution in [1.82, 2.24) is 0 Å². The van der Waals surface area contributed by atoms with Crippen molar-refractivity contribution in [3.63, 3.8) is 0 Å². The Kier molecular flexibility index (Phi) is 7.76. The molecule has 0 atom stereocenters. The summed E-state index contributed by atoms with van der Waals surface area (Å²) in [5.41, 5.74) is 15.8. The molecule has 0 bridgehead atoms. The Balaban J connectivity index is 1.22. The zero-order valence-electron chi connectivity index (χ0n) is 32.4. The van der Waals surface area contributed by atoms with Crippen molar-refractivity contribution in [3.8, 4) is 55.6 Å². The molecule has 0 unspecified atom stereocenters. The topological polar surface area (TPSA) is 0 Å². The monoisotopic (exact) mass is 726 g/mol. The molecule has 11 rings (SSSR count). The Morgan fingerprint density at radius 2 is 0.614 bits per heavy atom. The molecule has 0 spiro atoms. The van der Waals surface area contributed by atoms with Gasteiger partial charge in [0.1, 0.15) is 0 Å². The predicted molar refractivity (Wildman–Crippen MR) is 245 cm³/mol. The Morgan fingerprint density at radius 3 is 1.02 bits per heavy atom. The molecule has 0 nitrogen and oxygen atoms in total. The largest absolute Gasteiger partial charge is 0.0642 e. The summed E-state index contributed by atoms with van der Waals surface area (Å²) in [6.45, 7) is 4.79. The first kappa shape index (κ1) is 33.6. The number of fused-ring (bicyclic) bond motifs is 7. The molecule has 1 aliphatic carbocycles. The normalized spacial score (nSPS) is 13.0. The lowest BCUT2D eigenvalue weighted by Crippen LogP contribution is -2.23. The molecule has 0 N–H and O–H groups in total. The lowest BCUT2D eigenvalue weighted by atomic mass is 9.72. The number of rotatable bonds is 6. The van der Waals surface area contributed by atoms with E-state index in [1.807, 2.05) is 0 Å². The fraction of sp³-hybridized carbons (Fsp3) is 0.0877. The van der Waals surface area contributed by atoms with E-state index in [0.29, 0.717) is 0 Å². The van der Waals surface area contributed by atoms with Crippen LogP contribution in [0.5, 0.6) is 0 Å². The first-order valence-electron chi connectivity index (χ1n) is 20.5. The molecule has 57 heavy (non-hydrogen) atoms. The molecule has 10 aromatic carbocycles. The summed E-state index contributed by atoms with van der Waals surface area (Å²) in [4.78, 5) is 0. The molecule has 10 aromatic rings. The van der Waals surface area contributed by atoms with Crippen LogP contribution in [0.2, 0.25) is 0 Å². The Morgan fingerprint density at radius 1 is 0.281 bits per heavy atom. The summed E-state index contributed by atoms with van der Waals surface area (Å²) in [5, 5.41) is 10.4. The maximum Gasteiger partial charge on any atom is 0.0210 e. The number of benzene rings is 10. The summed E-state index contributed by atoms with van der Waals surface area (Å²) >= 11 is 0. The van der Waals surface area contributed by atoms with Gasteiger partial charge in [-0.05, 0) is 141 Å². The summed E-state index contributed by atoms with van der Waals surface area (Å²) in [7, 11) is 0. The molecule has 0 aromatic heterocycles. The predicted octanol–water partition coefficient (Wildman–Crippen LogP) is 16.1. The zero-order chi connectivity index (χ0) is 38.1. The highest BCUT2D eigenvalue weighted by Crippen LogP contribution is 2.57. The van der Waals surface area contributed by atoms with Gasteiger partial charge in [0.15, 0.2) is 0 Å². The van der Waals surface area contributed by atoms with Crippen LogP contribution in [0.15, 0.2) is 194 Å². The molecule has 0 saturated heterocycles. The summed E-state index contributed by atoms with van der Waals surface area (Å²) in [5.74, 6) is 0. The third-order valence-electron chi connectivity index (χ3n) is 13.1. The summed E-state index contributed by atoms with van der Waals surface area (Å²) in [6.07, 6.45) is 2.04. The van der Waals surface area contributed by atoms with Crippen molar-refractivity contribution < 1.29 is 0 Å². The second-order valence-corrected chi connectivity index (χ2v) is 15.7. The molecular formula is C57H42. The van der Waals surface area contributed by atoms with Crippen LogP contribution < -0.4 is 0 Å². The second-order valence-electron chi connectivity index (χ2n) is 15.7. The van der Waals surface area contributed by atoms with Gasteiger partial charge < -0.3 is 0 Å². The lowest BCUT2D eigenvalue weighted by Gasteiger charge is -2.31. The van der Waals surface area contributed by atoms with Crippen LogP contribution in [-0.2, 0) is 5.41 Å². The summed E-state index contributed by atoms with van der Waals surface area (Å²) < 4.78 is 0. The highest BCUT2D eigenvalue weighted by atomic mass is 14.4. The van der Waals surface area contributed by atoms with E-state index in [9.17, 15) is 0 Å². The molecule has 270 valence electrons. The molecule has 0 amide bonds. The average Bonchev–Trinajstić information content (AvgIpc) is 3.55. The Bertz CT molecular complexity index is 3110. The lowest BCUT2D eigenvalue weighted by molar-refractivity contribution is 0.491. The third kappa shape index (κ3) is 4.93. The minimum atomic E-state index is -0.128. The van der Waals surface area contributed by atoms with Crippen LogP contribution >= 0.6 is 0 Å². The van der Waals surface area contributed by atoms with E-state index in [1.54, 1.807) is 0 Å². The average molecular weight is 727 g/mol. The van der Waals surface area contributed by atoms with Crippen LogP contribution in [0.4, 0.5) is 0 Å². The molecule has 0 saturated carbocycles. The molecule has 0 radical (unpaired) electrons. The molecule has 0 heteroatoms. The van der Waals surface area contributed by atoms with Crippen LogP contribution in [0.1, 0.15) is 37.8 Å². The molecule has 1 aliphatic rings. The van der Waals surface area contributed by atoms with Crippen molar-refractivity contribution in [1.29, 1.82) is 0 Å². The van der Waals surface area contributed by atoms with E-state index in [2.05, 4.69) is 208 Å². The third-order valence-corrected chi connectivity index (χ3v) is 13.1. The Hall–Kier alpha value is -6.76. The van der Waals surface area contributed by atoms with Gasteiger partial charge in [-0.15, -0.1) is 0 Å². The first-order chi connectivity index (χ1) is 28.2. The molecule has 0 fully saturated rings. The quantitative estimate of drug-likeness (QED) is 0.150. The van der Waals surface area contributed by atoms with Gasteiger partial charge in [-0.1, -0.05) is 190 Å². The van der Waals surface area contributed by atoms with E-state index < -0.39 is 0 Å². The first-order valence-corrected chi connectivity index (χ1v) is 20.5. The Labute approximate surface area is 334 Å². The van der Waals surface area contributed by atoms with Crippen LogP contribution in [0.25, 0.3) is 98.7 Å². The maximum absolute atomic E-state index is 2.60. The fourth-order valence-corrected chi connectivity index (χ4v) is 10.5. The van der Waals surface area contributed by atoms with Gasteiger partial charge >= 0.3 is 0 Å². The molecule has 0 heterocycles.